The lowest BCUT2D eigenvalue weighted by molar-refractivity contribution is -0.125. The summed E-state index contributed by atoms with van der Waals surface area (Å²) in [6, 6.07) is 0. The molecule has 94 valence electrons. The fraction of sp³-hybridized carbons (Fsp3) is 0.917. The van der Waals surface area contributed by atoms with Gasteiger partial charge in [-0.2, -0.15) is 0 Å². The maximum absolute atomic E-state index is 11.7. The van der Waals surface area contributed by atoms with Gasteiger partial charge in [0.2, 0.25) is 5.91 Å². The van der Waals surface area contributed by atoms with E-state index in [9.17, 15) is 4.79 Å². The van der Waals surface area contributed by atoms with E-state index < -0.39 is 0 Å². The van der Waals surface area contributed by atoms with Crippen molar-refractivity contribution in [1.82, 2.24) is 5.32 Å². The molecule has 0 aliphatic carbocycles. The molecule has 1 aliphatic rings. The van der Waals surface area contributed by atoms with Crippen LogP contribution < -0.4 is 11.1 Å². The second-order valence-corrected chi connectivity index (χ2v) is 4.54. The Bertz CT molecular complexity index is 197. The first kappa shape index (κ1) is 13.5. The lowest BCUT2D eigenvalue weighted by atomic mass is 9.99. The topological polar surface area (TPSA) is 64.3 Å². The smallest absolute Gasteiger partial charge is 0.225 e. The Morgan fingerprint density at radius 2 is 2.38 bits per heavy atom. The van der Waals surface area contributed by atoms with Gasteiger partial charge in [0.05, 0.1) is 12.5 Å². The van der Waals surface area contributed by atoms with Crippen LogP contribution in [0.2, 0.25) is 0 Å². The van der Waals surface area contributed by atoms with Crippen LogP contribution in [-0.2, 0) is 9.53 Å². The third kappa shape index (κ3) is 4.49. The Balaban J connectivity index is 2.21. The number of amides is 1. The Morgan fingerprint density at radius 3 is 2.94 bits per heavy atom. The zero-order valence-electron chi connectivity index (χ0n) is 10.2. The number of ether oxygens (including phenoxy) is 1. The van der Waals surface area contributed by atoms with Gasteiger partial charge < -0.3 is 15.8 Å². The molecule has 0 spiro atoms. The molecule has 1 fully saturated rings. The summed E-state index contributed by atoms with van der Waals surface area (Å²) in [5.41, 5.74) is 5.56. The van der Waals surface area contributed by atoms with E-state index in [-0.39, 0.29) is 11.8 Å². The molecule has 0 bridgehead atoms. The van der Waals surface area contributed by atoms with Crippen LogP contribution in [0.1, 0.15) is 32.6 Å². The van der Waals surface area contributed by atoms with E-state index in [1.54, 1.807) is 0 Å². The van der Waals surface area contributed by atoms with E-state index in [2.05, 4.69) is 12.2 Å². The van der Waals surface area contributed by atoms with E-state index in [4.69, 9.17) is 10.5 Å². The summed E-state index contributed by atoms with van der Waals surface area (Å²) in [5, 5.41) is 3.02. The van der Waals surface area contributed by atoms with E-state index in [0.29, 0.717) is 19.1 Å². The van der Waals surface area contributed by atoms with Crippen LogP contribution in [0.25, 0.3) is 0 Å². The predicted octanol–water partition coefficient (Wildman–Crippen LogP) is 0.904. The highest BCUT2D eigenvalue weighted by Gasteiger charge is 2.23. The van der Waals surface area contributed by atoms with Crippen molar-refractivity contribution < 1.29 is 9.53 Å². The third-order valence-corrected chi connectivity index (χ3v) is 3.14. The average molecular weight is 228 g/mol. The highest BCUT2D eigenvalue weighted by molar-refractivity contribution is 5.78. The summed E-state index contributed by atoms with van der Waals surface area (Å²) in [6.45, 7) is 4.93. The van der Waals surface area contributed by atoms with Gasteiger partial charge in [0.25, 0.3) is 0 Å². The average Bonchev–Trinajstić information content (AvgIpc) is 2.79. The minimum Gasteiger partial charge on any atom is -0.381 e. The van der Waals surface area contributed by atoms with Crippen molar-refractivity contribution in [2.24, 2.45) is 17.6 Å². The fourth-order valence-electron chi connectivity index (χ4n) is 2.12. The van der Waals surface area contributed by atoms with Crippen LogP contribution >= 0.6 is 0 Å². The zero-order valence-corrected chi connectivity index (χ0v) is 10.2. The van der Waals surface area contributed by atoms with Crippen LogP contribution in [0, 0.1) is 11.8 Å². The highest BCUT2D eigenvalue weighted by atomic mass is 16.5. The molecule has 2 unspecified atom stereocenters. The number of hydrogen-bond acceptors (Lipinski definition) is 3. The lowest BCUT2D eigenvalue weighted by Crippen LogP contribution is -2.35. The fourth-order valence-corrected chi connectivity index (χ4v) is 2.12. The van der Waals surface area contributed by atoms with Gasteiger partial charge in [-0.15, -0.1) is 0 Å². The van der Waals surface area contributed by atoms with Gasteiger partial charge in [0, 0.05) is 13.2 Å². The number of hydrogen-bond donors (Lipinski definition) is 2. The molecular weight excluding hydrogens is 204 g/mol. The third-order valence-electron chi connectivity index (χ3n) is 3.14. The molecule has 0 saturated carbocycles. The first-order chi connectivity index (χ1) is 7.77. The van der Waals surface area contributed by atoms with E-state index >= 15 is 0 Å². The number of nitrogens with two attached hydrogens (primary N) is 1. The van der Waals surface area contributed by atoms with Crippen LogP contribution in [0.3, 0.4) is 0 Å². The minimum absolute atomic E-state index is 0.0696. The van der Waals surface area contributed by atoms with Crippen molar-refractivity contribution in [3.63, 3.8) is 0 Å². The Kier molecular flexibility index (Phi) is 6.42. The molecule has 1 aliphatic heterocycles. The quantitative estimate of drug-likeness (QED) is 0.680. The highest BCUT2D eigenvalue weighted by Crippen LogP contribution is 2.13. The van der Waals surface area contributed by atoms with Crippen molar-refractivity contribution in [3.05, 3.63) is 0 Å². The molecule has 0 aromatic heterocycles. The second kappa shape index (κ2) is 7.63. The van der Waals surface area contributed by atoms with Gasteiger partial charge in [-0.25, -0.2) is 0 Å². The Morgan fingerprint density at radius 1 is 1.56 bits per heavy atom. The van der Waals surface area contributed by atoms with Crippen molar-refractivity contribution in [2.75, 3.05) is 26.3 Å². The molecule has 0 aromatic rings. The predicted molar refractivity (Wildman–Crippen MR) is 64.0 cm³/mol. The van der Waals surface area contributed by atoms with Crippen LogP contribution in [0.4, 0.5) is 0 Å². The van der Waals surface area contributed by atoms with Gasteiger partial charge in [0.15, 0.2) is 0 Å². The van der Waals surface area contributed by atoms with Crippen LogP contribution in [0.5, 0.6) is 0 Å². The van der Waals surface area contributed by atoms with Crippen LogP contribution in [-0.4, -0.2) is 32.2 Å². The summed E-state index contributed by atoms with van der Waals surface area (Å²) in [7, 11) is 0. The summed E-state index contributed by atoms with van der Waals surface area (Å²) in [5.74, 6) is 0.747. The van der Waals surface area contributed by atoms with Gasteiger partial charge in [-0.1, -0.05) is 13.3 Å². The Hall–Kier alpha value is -0.610. The van der Waals surface area contributed by atoms with E-state index in [1.807, 2.05) is 0 Å². The SMILES string of the molecule is CCCC(CCN)CNC(=O)C1CCOC1. The van der Waals surface area contributed by atoms with Gasteiger partial charge >= 0.3 is 0 Å². The van der Waals surface area contributed by atoms with Crippen molar-refractivity contribution in [3.8, 4) is 0 Å². The molecule has 0 radical (unpaired) electrons. The molecule has 4 heteroatoms. The van der Waals surface area contributed by atoms with Crippen molar-refractivity contribution >= 4 is 5.91 Å². The van der Waals surface area contributed by atoms with E-state index in [1.165, 1.54) is 0 Å². The minimum atomic E-state index is 0.0696. The monoisotopic (exact) mass is 228 g/mol. The molecule has 1 rings (SSSR count). The van der Waals surface area contributed by atoms with Gasteiger partial charge in [-0.05, 0) is 31.7 Å². The maximum Gasteiger partial charge on any atom is 0.225 e. The number of nitrogens with one attached hydrogen (secondary N) is 1. The molecule has 4 nitrogen and oxygen atoms in total. The van der Waals surface area contributed by atoms with Crippen LogP contribution in [0.15, 0.2) is 0 Å². The first-order valence-corrected chi connectivity index (χ1v) is 6.33. The lowest BCUT2D eigenvalue weighted by Gasteiger charge is -2.17. The number of carbonyl (C=O) groups is 1. The first-order valence-electron chi connectivity index (χ1n) is 6.33. The van der Waals surface area contributed by atoms with E-state index in [0.717, 1.165) is 38.8 Å². The molecule has 16 heavy (non-hydrogen) atoms. The summed E-state index contributed by atoms with van der Waals surface area (Å²) < 4.78 is 5.20. The molecule has 2 atom stereocenters. The molecule has 1 saturated heterocycles. The summed E-state index contributed by atoms with van der Waals surface area (Å²) in [6.07, 6.45) is 4.14. The van der Waals surface area contributed by atoms with Crippen molar-refractivity contribution in [2.45, 2.75) is 32.6 Å². The molecule has 1 heterocycles. The Labute approximate surface area is 97.9 Å². The number of carbonyl (C=O) groups excluding carboxylic acids is 1. The molecule has 3 N–H and O–H groups in total. The molecule has 0 aromatic carbocycles. The zero-order chi connectivity index (χ0) is 11.8. The largest absolute Gasteiger partial charge is 0.381 e. The normalized spacial score (nSPS) is 22.0. The van der Waals surface area contributed by atoms with Gasteiger partial charge in [-0.3, -0.25) is 4.79 Å². The second-order valence-electron chi connectivity index (χ2n) is 4.54. The standard InChI is InChI=1S/C12H24N2O2/c1-2-3-10(4-6-13)8-14-12(15)11-5-7-16-9-11/h10-11H,2-9,13H2,1H3,(H,14,15). The molecule has 1 amide bonds. The van der Waals surface area contributed by atoms with Gasteiger partial charge in [0.1, 0.15) is 0 Å². The number of rotatable bonds is 7. The molecular formula is C12H24N2O2. The maximum atomic E-state index is 11.7. The summed E-state index contributed by atoms with van der Waals surface area (Å²) >= 11 is 0. The van der Waals surface area contributed by atoms with Crippen molar-refractivity contribution in [1.29, 1.82) is 0 Å². The summed E-state index contributed by atoms with van der Waals surface area (Å²) in [4.78, 5) is 11.7.